The number of rotatable bonds is 4. The van der Waals surface area contributed by atoms with Crippen LogP contribution in [0.25, 0.3) is 5.69 Å². The van der Waals surface area contributed by atoms with E-state index in [0.29, 0.717) is 18.5 Å². The second-order valence-electron chi connectivity index (χ2n) is 6.79. The number of tetrazole rings is 1. The van der Waals surface area contributed by atoms with Crippen molar-refractivity contribution in [2.24, 2.45) is 5.92 Å². The van der Waals surface area contributed by atoms with Crippen molar-refractivity contribution in [3.05, 3.63) is 30.6 Å². The average Bonchev–Trinajstić information content (AvgIpc) is 3.29. The van der Waals surface area contributed by atoms with Gasteiger partial charge in [0.1, 0.15) is 12.4 Å². The lowest BCUT2D eigenvalue weighted by Gasteiger charge is -2.32. The largest absolute Gasteiger partial charge is 0.480 e. The second kappa shape index (κ2) is 6.44. The minimum absolute atomic E-state index is 0.0583. The van der Waals surface area contributed by atoms with Gasteiger partial charge in [0.25, 0.3) is 0 Å². The minimum Gasteiger partial charge on any atom is -0.480 e. The molecule has 3 atom stereocenters. The first-order valence-electron chi connectivity index (χ1n) is 8.58. The van der Waals surface area contributed by atoms with Crippen molar-refractivity contribution in [3.8, 4) is 5.69 Å². The molecule has 1 saturated heterocycles. The third-order valence-corrected chi connectivity index (χ3v) is 7.25. The van der Waals surface area contributed by atoms with Crippen molar-refractivity contribution in [1.82, 2.24) is 24.5 Å². The molecule has 10 heteroatoms. The summed E-state index contributed by atoms with van der Waals surface area (Å²) in [5, 5.41) is 20.5. The third-order valence-electron chi connectivity index (χ3n) is 5.32. The molecule has 4 rings (SSSR count). The highest BCUT2D eigenvalue weighted by Crippen LogP contribution is 2.42. The van der Waals surface area contributed by atoms with Crippen molar-refractivity contribution in [1.29, 1.82) is 0 Å². The summed E-state index contributed by atoms with van der Waals surface area (Å²) >= 11 is 0. The zero-order valence-electron chi connectivity index (χ0n) is 14.0. The van der Waals surface area contributed by atoms with Gasteiger partial charge >= 0.3 is 5.97 Å². The summed E-state index contributed by atoms with van der Waals surface area (Å²) in [6.07, 6.45) is 5.29. The summed E-state index contributed by atoms with van der Waals surface area (Å²) in [4.78, 5) is 11.8. The molecular formula is C16H19N5O4S. The molecule has 1 saturated carbocycles. The molecule has 0 radical (unpaired) electrons. The Morgan fingerprint density at radius 1 is 1.23 bits per heavy atom. The normalized spacial score (nSPS) is 26.5. The first kappa shape index (κ1) is 17.1. The number of benzene rings is 1. The van der Waals surface area contributed by atoms with Crippen LogP contribution in [0.3, 0.4) is 0 Å². The van der Waals surface area contributed by atoms with Gasteiger partial charge in [-0.1, -0.05) is 18.9 Å². The molecule has 138 valence electrons. The van der Waals surface area contributed by atoms with Gasteiger partial charge in [0, 0.05) is 6.04 Å². The van der Waals surface area contributed by atoms with Gasteiger partial charge in [-0.15, -0.1) is 5.10 Å². The van der Waals surface area contributed by atoms with Crippen LogP contribution < -0.4 is 0 Å². The van der Waals surface area contributed by atoms with E-state index in [9.17, 15) is 18.3 Å². The van der Waals surface area contributed by atoms with E-state index >= 15 is 0 Å². The SMILES string of the molecule is O=C(O)C1CC2CCCCC2N1S(=O)(=O)c1cccc(-n2cnnn2)c1. The monoisotopic (exact) mass is 377 g/mol. The van der Waals surface area contributed by atoms with Gasteiger partial charge < -0.3 is 5.11 Å². The summed E-state index contributed by atoms with van der Waals surface area (Å²) in [6, 6.07) is 5.00. The topological polar surface area (TPSA) is 118 Å². The second-order valence-corrected chi connectivity index (χ2v) is 8.63. The van der Waals surface area contributed by atoms with Crippen LogP contribution in [0.5, 0.6) is 0 Å². The molecule has 0 bridgehead atoms. The summed E-state index contributed by atoms with van der Waals surface area (Å²) in [6.45, 7) is 0. The molecule has 2 aromatic rings. The molecule has 1 aliphatic carbocycles. The Morgan fingerprint density at radius 2 is 2.04 bits per heavy atom. The lowest BCUT2D eigenvalue weighted by atomic mass is 9.85. The number of carbonyl (C=O) groups is 1. The average molecular weight is 377 g/mol. The molecule has 0 amide bonds. The van der Waals surface area contributed by atoms with Crippen molar-refractivity contribution in [3.63, 3.8) is 0 Å². The van der Waals surface area contributed by atoms with Crippen molar-refractivity contribution >= 4 is 16.0 Å². The van der Waals surface area contributed by atoms with Crippen molar-refractivity contribution in [2.75, 3.05) is 0 Å². The van der Waals surface area contributed by atoms with Crippen LogP contribution in [-0.2, 0) is 14.8 Å². The maximum atomic E-state index is 13.3. The van der Waals surface area contributed by atoms with E-state index in [1.54, 1.807) is 12.1 Å². The quantitative estimate of drug-likeness (QED) is 0.846. The van der Waals surface area contributed by atoms with Crippen molar-refractivity contribution < 1.29 is 18.3 Å². The fourth-order valence-electron chi connectivity index (χ4n) is 4.16. The Kier molecular flexibility index (Phi) is 4.23. The van der Waals surface area contributed by atoms with Crippen LogP contribution in [-0.4, -0.2) is 56.1 Å². The van der Waals surface area contributed by atoms with Crippen LogP contribution in [0.15, 0.2) is 35.5 Å². The summed E-state index contributed by atoms with van der Waals surface area (Å²) in [5.74, 6) is -0.970. The smallest absolute Gasteiger partial charge is 0.322 e. The molecule has 1 aromatic heterocycles. The lowest BCUT2D eigenvalue weighted by molar-refractivity contribution is -0.141. The van der Waals surface area contributed by atoms with Gasteiger partial charge in [0.05, 0.1) is 10.6 Å². The summed E-state index contributed by atoms with van der Waals surface area (Å²) in [5.41, 5.74) is 0.502. The molecule has 9 nitrogen and oxygen atoms in total. The first-order valence-corrected chi connectivity index (χ1v) is 10.0. The molecule has 1 aromatic carbocycles. The Labute approximate surface area is 150 Å². The number of aliphatic carboxylic acids is 1. The predicted octanol–water partition coefficient (Wildman–Crippen LogP) is 1.07. The predicted molar refractivity (Wildman–Crippen MR) is 90.0 cm³/mol. The zero-order chi connectivity index (χ0) is 18.3. The molecule has 2 fully saturated rings. The molecule has 1 N–H and O–H groups in total. The molecular weight excluding hydrogens is 358 g/mol. The number of aromatic nitrogens is 4. The highest BCUT2D eigenvalue weighted by atomic mass is 32.2. The fraction of sp³-hybridized carbons (Fsp3) is 0.500. The first-order chi connectivity index (χ1) is 12.5. The van der Waals surface area contributed by atoms with E-state index in [0.717, 1.165) is 19.3 Å². The Bertz CT molecular complexity index is 914. The van der Waals surface area contributed by atoms with Crippen LogP contribution in [0.1, 0.15) is 32.1 Å². The summed E-state index contributed by atoms with van der Waals surface area (Å²) < 4.78 is 29.3. The van der Waals surface area contributed by atoms with Gasteiger partial charge in [0.2, 0.25) is 10.0 Å². The maximum Gasteiger partial charge on any atom is 0.322 e. The number of sulfonamides is 1. The number of fused-ring (bicyclic) bond motifs is 1. The minimum atomic E-state index is -3.95. The number of carboxylic acid groups (broad SMARTS) is 1. The van der Waals surface area contributed by atoms with Gasteiger partial charge in [-0.25, -0.2) is 13.1 Å². The fourth-order valence-corrected chi connectivity index (χ4v) is 6.07. The maximum absolute atomic E-state index is 13.3. The van der Waals surface area contributed by atoms with E-state index in [1.165, 1.54) is 27.4 Å². The third kappa shape index (κ3) is 2.78. The van der Waals surface area contributed by atoms with E-state index in [1.807, 2.05) is 0 Å². The molecule has 26 heavy (non-hydrogen) atoms. The van der Waals surface area contributed by atoms with E-state index in [-0.39, 0.29) is 16.9 Å². The molecule has 3 unspecified atom stereocenters. The molecule has 1 aliphatic heterocycles. The molecule has 2 heterocycles. The van der Waals surface area contributed by atoms with Gasteiger partial charge in [-0.05, 0) is 53.8 Å². The molecule has 2 aliphatic rings. The number of nitrogens with zero attached hydrogens (tertiary/aromatic N) is 5. The number of hydrogen-bond acceptors (Lipinski definition) is 6. The van der Waals surface area contributed by atoms with Crippen LogP contribution in [0, 0.1) is 5.92 Å². The van der Waals surface area contributed by atoms with Gasteiger partial charge in [0.15, 0.2) is 0 Å². The van der Waals surface area contributed by atoms with E-state index < -0.39 is 22.0 Å². The summed E-state index contributed by atoms with van der Waals surface area (Å²) in [7, 11) is -3.95. The number of carboxylic acids is 1. The highest BCUT2D eigenvalue weighted by Gasteiger charge is 2.51. The van der Waals surface area contributed by atoms with Gasteiger partial charge in [-0.3, -0.25) is 4.79 Å². The van der Waals surface area contributed by atoms with Crippen molar-refractivity contribution in [2.45, 2.75) is 49.1 Å². The standard InChI is InChI=1S/C16H19N5O4S/c22-16(23)15-8-11-4-1-2-7-14(11)21(15)26(24,25)13-6-3-5-12(9-13)20-10-17-18-19-20/h3,5-6,9-11,14-15H,1-2,4,7-8H2,(H,22,23). The molecule has 0 spiro atoms. The van der Waals surface area contributed by atoms with Crippen LogP contribution in [0.2, 0.25) is 0 Å². The Morgan fingerprint density at radius 3 is 2.77 bits per heavy atom. The van der Waals surface area contributed by atoms with Gasteiger partial charge in [-0.2, -0.15) is 4.31 Å². The van der Waals surface area contributed by atoms with E-state index in [4.69, 9.17) is 0 Å². The Balaban J connectivity index is 1.75. The highest BCUT2D eigenvalue weighted by molar-refractivity contribution is 7.89. The van der Waals surface area contributed by atoms with Crippen LogP contribution >= 0.6 is 0 Å². The zero-order valence-corrected chi connectivity index (χ0v) is 14.8. The Hall–Kier alpha value is -2.33. The number of hydrogen-bond donors (Lipinski definition) is 1. The van der Waals surface area contributed by atoms with Crippen LogP contribution in [0.4, 0.5) is 0 Å². The van der Waals surface area contributed by atoms with E-state index in [2.05, 4.69) is 15.5 Å². The lowest BCUT2D eigenvalue weighted by Crippen LogP contribution is -2.46.